The summed E-state index contributed by atoms with van der Waals surface area (Å²) in [5.74, 6) is 0. The minimum atomic E-state index is 0.810. The molecule has 1 aromatic heterocycles. The number of nitrogens with zero attached hydrogens (tertiary/aromatic N) is 1. The quantitative estimate of drug-likeness (QED) is 0.261. The topological polar surface area (TPSA) is 26.0 Å². The Hall–Kier alpha value is -4.43. The van der Waals surface area contributed by atoms with Gasteiger partial charge in [-0.2, -0.15) is 0 Å². The van der Waals surface area contributed by atoms with Gasteiger partial charge in [0.1, 0.15) is 5.52 Å². The van der Waals surface area contributed by atoms with Crippen molar-refractivity contribution < 1.29 is 4.42 Å². The summed E-state index contributed by atoms with van der Waals surface area (Å²) in [5, 5.41) is 7.65. The van der Waals surface area contributed by atoms with Gasteiger partial charge in [0.05, 0.1) is 0 Å². The number of benzene rings is 6. The summed E-state index contributed by atoms with van der Waals surface area (Å²) in [7, 11) is 0. The van der Waals surface area contributed by atoms with Gasteiger partial charge in [-0.25, -0.2) is 4.98 Å². The van der Waals surface area contributed by atoms with Crippen LogP contribution in [0.2, 0.25) is 0 Å². The van der Waals surface area contributed by atoms with Crippen LogP contribution in [-0.2, 0) is 0 Å². The zero-order valence-electron chi connectivity index (χ0n) is 17.8. The van der Waals surface area contributed by atoms with Gasteiger partial charge in [-0.1, -0.05) is 84.9 Å². The van der Waals surface area contributed by atoms with E-state index in [9.17, 15) is 0 Å². The van der Waals surface area contributed by atoms with Crippen molar-refractivity contribution in [2.24, 2.45) is 0 Å². The van der Waals surface area contributed by atoms with Crippen molar-refractivity contribution in [1.82, 2.24) is 4.98 Å². The average Bonchev–Trinajstić information content (AvgIpc) is 3.37. The minimum absolute atomic E-state index is 0.810. The Morgan fingerprint density at radius 1 is 0.424 bits per heavy atom. The number of hydrogen-bond donors (Lipinski definition) is 0. The number of oxazole rings is 1. The van der Waals surface area contributed by atoms with Crippen LogP contribution in [0.5, 0.6) is 0 Å². The van der Waals surface area contributed by atoms with Crippen LogP contribution in [0.25, 0.3) is 65.7 Å². The van der Waals surface area contributed by atoms with E-state index in [4.69, 9.17) is 4.42 Å². The molecule has 0 aliphatic heterocycles. The fraction of sp³-hybridized carbons (Fsp3) is 0. The fourth-order valence-electron chi connectivity index (χ4n) is 4.98. The molecule has 7 rings (SSSR count). The SMILES string of the molecule is c1ccc(-c2ccc3c4ccc(-c5ccc6ncoc6c5)cc4c4ccccc4c3c2)cc1. The van der Waals surface area contributed by atoms with Crippen molar-refractivity contribution in [2.75, 3.05) is 0 Å². The van der Waals surface area contributed by atoms with E-state index in [1.54, 1.807) is 0 Å². The second-order valence-corrected chi connectivity index (χ2v) is 8.47. The molecule has 0 radical (unpaired) electrons. The van der Waals surface area contributed by atoms with Crippen LogP contribution in [0.3, 0.4) is 0 Å². The third-order valence-electron chi connectivity index (χ3n) is 6.61. The molecule has 33 heavy (non-hydrogen) atoms. The Balaban J connectivity index is 1.51. The first-order valence-electron chi connectivity index (χ1n) is 11.1. The van der Waals surface area contributed by atoms with Gasteiger partial charge in [0.15, 0.2) is 12.0 Å². The van der Waals surface area contributed by atoms with Gasteiger partial charge in [-0.05, 0) is 78.8 Å². The highest BCUT2D eigenvalue weighted by Gasteiger charge is 2.11. The first-order valence-corrected chi connectivity index (χ1v) is 11.1. The first kappa shape index (κ1) is 18.2. The molecule has 0 spiro atoms. The van der Waals surface area contributed by atoms with E-state index in [2.05, 4.69) is 108 Å². The number of hydrogen-bond acceptors (Lipinski definition) is 2. The maximum atomic E-state index is 5.53. The first-order chi connectivity index (χ1) is 16.3. The summed E-state index contributed by atoms with van der Waals surface area (Å²) in [6.07, 6.45) is 1.50. The predicted octanol–water partition coefficient (Wildman–Crippen LogP) is 8.62. The van der Waals surface area contributed by atoms with E-state index in [1.165, 1.54) is 55.4 Å². The molecule has 0 N–H and O–H groups in total. The second kappa shape index (κ2) is 7.04. The molecule has 0 amide bonds. The van der Waals surface area contributed by atoms with Crippen molar-refractivity contribution in [3.63, 3.8) is 0 Å². The van der Waals surface area contributed by atoms with Crippen LogP contribution < -0.4 is 0 Å². The summed E-state index contributed by atoms with van der Waals surface area (Å²) < 4.78 is 5.53. The van der Waals surface area contributed by atoms with Crippen molar-refractivity contribution >= 4 is 43.4 Å². The Morgan fingerprint density at radius 3 is 1.67 bits per heavy atom. The molecule has 0 unspecified atom stereocenters. The fourth-order valence-corrected chi connectivity index (χ4v) is 4.98. The molecule has 0 saturated carbocycles. The van der Waals surface area contributed by atoms with Gasteiger partial charge >= 0.3 is 0 Å². The smallest absolute Gasteiger partial charge is 0.181 e. The molecule has 2 heteroatoms. The average molecular weight is 421 g/mol. The highest BCUT2D eigenvalue weighted by atomic mass is 16.3. The molecule has 0 bridgehead atoms. The van der Waals surface area contributed by atoms with Gasteiger partial charge in [-0.3, -0.25) is 0 Å². The summed E-state index contributed by atoms with van der Waals surface area (Å²) >= 11 is 0. The van der Waals surface area contributed by atoms with Crippen LogP contribution in [0.4, 0.5) is 0 Å². The molecule has 0 atom stereocenters. The van der Waals surface area contributed by atoms with E-state index in [-0.39, 0.29) is 0 Å². The highest BCUT2D eigenvalue weighted by Crippen LogP contribution is 2.39. The van der Waals surface area contributed by atoms with Crippen LogP contribution in [0.15, 0.2) is 120 Å². The summed E-state index contributed by atoms with van der Waals surface area (Å²) in [6.45, 7) is 0. The van der Waals surface area contributed by atoms with Gasteiger partial charge < -0.3 is 4.42 Å². The van der Waals surface area contributed by atoms with Crippen molar-refractivity contribution in [3.05, 3.63) is 116 Å². The molecule has 2 nitrogen and oxygen atoms in total. The van der Waals surface area contributed by atoms with E-state index >= 15 is 0 Å². The minimum Gasteiger partial charge on any atom is -0.443 e. The van der Waals surface area contributed by atoms with Crippen LogP contribution >= 0.6 is 0 Å². The zero-order chi connectivity index (χ0) is 21.8. The number of aromatic nitrogens is 1. The molecule has 1 heterocycles. The molecular weight excluding hydrogens is 402 g/mol. The highest BCUT2D eigenvalue weighted by molar-refractivity contribution is 6.26. The second-order valence-electron chi connectivity index (χ2n) is 8.47. The lowest BCUT2D eigenvalue weighted by molar-refractivity contribution is 0.602. The van der Waals surface area contributed by atoms with E-state index in [0.29, 0.717) is 0 Å². The molecule has 0 saturated heterocycles. The lowest BCUT2D eigenvalue weighted by atomic mass is 9.90. The van der Waals surface area contributed by atoms with Crippen molar-refractivity contribution in [3.8, 4) is 22.3 Å². The Bertz CT molecular complexity index is 1790. The normalized spacial score (nSPS) is 11.6. The molecule has 7 aromatic rings. The lowest BCUT2D eigenvalue weighted by Gasteiger charge is -2.13. The number of fused-ring (bicyclic) bond motifs is 7. The summed E-state index contributed by atoms with van der Waals surface area (Å²) in [4.78, 5) is 4.24. The Kier molecular flexibility index (Phi) is 3.88. The van der Waals surface area contributed by atoms with Crippen LogP contribution in [0.1, 0.15) is 0 Å². The van der Waals surface area contributed by atoms with Crippen LogP contribution in [0, 0.1) is 0 Å². The third kappa shape index (κ3) is 2.85. The standard InChI is InChI=1S/C31H19NO/c1-2-6-20(7-3-1)21-10-13-26-27-14-11-22(23-12-15-30-31(18-23)33-19-32-30)17-29(27)25-9-5-4-8-24(25)28(26)16-21/h1-19H. The molecule has 6 aromatic carbocycles. The van der Waals surface area contributed by atoms with E-state index in [1.807, 2.05) is 6.07 Å². The zero-order valence-corrected chi connectivity index (χ0v) is 17.8. The van der Waals surface area contributed by atoms with Crippen molar-refractivity contribution in [1.29, 1.82) is 0 Å². The summed E-state index contributed by atoms with van der Waals surface area (Å²) in [6, 6.07) is 39.1. The van der Waals surface area contributed by atoms with Crippen LogP contribution in [-0.4, -0.2) is 4.98 Å². The number of rotatable bonds is 2. The molecular formula is C31H19NO. The molecule has 154 valence electrons. The molecule has 0 aliphatic rings. The lowest BCUT2D eigenvalue weighted by Crippen LogP contribution is -1.86. The monoisotopic (exact) mass is 421 g/mol. The maximum absolute atomic E-state index is 5.53. The van der Waals surface area contributed by atoms with Gasteiger partial charge in [0, 0.05) is 0 Å². The van der Waals surface area contributed by atoms with Gasteiger partial charge in [-0.15, -0.1) is 0 Å². The van der Waals surface area contributed by atoms with Crippen molar-refractivity contribution in [2.45, 2.75) is 0 Å². The Labute approximate surface area is 190 Å². The summed E-state index contributed by atoms with van der Waals surface area (Å²) in [5.41, 5.74) is 6.47. The van der Waals surface area contributed by atoms with Gasteiger partial charge in [0.25, 0.3) is 0 Å². The predicted molar refractivity (Wildman–Crippen MR) is 137 cm³/mol. The molecule has 0 fully saturated rings. The van der Waals surface area contributed by atoms with Gasteiger partial charge in [0.2, 0.25) is 0 Å². The Morgan fingerprint density at radius 2 is 0.970 bits per heavy atom. The van der Waals surface area contributed by atoms with E-state index in [0.717, 1.165) is 16.7 Å². The maximum Gasteiger partial charge on any atom is 0.181 e. The third-order valence-corrected chi connectivity index (χ3v) is 6.61. The van der Waals surface area contributed by atoms with E-state index < -0.39 is 0 Å². The largest absolute Gasteiger partial charge is 0.443 e. The molecule has 0 aliphatic carbocycles.